The van der Waals surface area contributed by atoms with E-state index >= 15 is 0 Å². The van der Waals surface area contributed by atoms with Crippen molar-refractivity contribution >= 4 is 35.2 Å². The van der Waals surface area contributed by atoms with Crippen molar-refractivity contribution in [2.75, 3.05) is 5.32 Å². The zero-order valence-electron chi connectivity index (χ0n) is 13.4. The number of benzene rings is 2. The van der Waals surface area contributed by atoms with Gasteiger partial charge in [-0.25, -0.2) is 0 Å². The van der Waals surface area contributed by atoms with Crippen molar-refractivity contribution in [1.82, 2.24) is 5.43 Å². The van der Waals surface area contributed by atoms with Crippen molar-refractivity contribution in [2.45, 2.75) is 19.8 Å². The van der Waals surface area contributed by atoms with Gasteiger partial charge in [0.1, 0.15) is 0 Å². The summed E-state index contributed by atoms with van der Waals surface area (Å²) in [5, 5.41) is 18.0. The molecule has 124 valence electrons. The van der Waals surface area contributed by atoms with Crippen LogP contribution in [0.2, 0.25) is 0 Å². The first-order chi connectivity index (χ1) is 11.5. The van der Waals surface area contributed by atoms with Crippen LogP contribution in [0.4, 0.5) is 5.69 Å². The van der Waals surface area contributed by atoms with Gasteiger partial charge in [0.2, 0.25) is 0 Å². The number of thiocarbonyl (C=S) groups is 1. The predicted octanol–water partition coefficient (Wildman–Crippen LogP) is 2.49. The average molecular weight is 340 g/mol. The number of hydrogen-bond acceptors (Lipinski definition) is 4. The predicted molar refractivity (Wildman–Crippen MR) is 98.3 cm³/mol. The van der Waals surface area contributed by atoms with E-state index < -0.39 is 5.97 Å². The van der Waals surface area contributed by atoms with E-state index in [4.69, 9.17) is 12.2 Å². The van der Waals surface area contributed by atoms with Gasteiger partial charge < -0.3 is 15.2 Å². The Kier molecular flexibility index (Phi) is 6.03. The monoisotopic (exact) mass is 340 g/mol. The molecule has 24 heavy (non-hydrogen) atoms. The van der Waals surface area contributed by atoms with Gasteiger partial charge in [-0.15, -0.1) is 0 Å². The van der Waals surface area contributed by atoms with Gasteiger partial charge in [0.05, 0.1) is 12.2 Å². The molecule has 0 saturated carbocycles. The van der Waals surface area contributed by atoms with Gasteiger partial charge in [-0.3, -0.25) is 5.43 Å². The Morgan fingerprint density at radius 3 is 2.54 bits per heavy atom. The smallest absolute Gasteiger partial charge is 0.191 e. The number of hydrogen-bond donors (Lipinski definition) is 2. The fourth-order valence-corrected chi connectivity index (χ4v) is 2.19. The van der Waals surface area contributed by atoms with E-state index in [1.807, 2.05) is 12.1 Å². The molecule has 2 aromatic rings. The normalized spacial score (nSPS) is 10.8. The fraction of sp³-hybridized carbons (Fsp3) is 0.167. The van der Waals surface area contributed by atoms with E-state index in [9.17, 15) is 9.90 Å². The Hall–Kier alpha value is -2.73. The number of carboxylic acids is 1. The molecule has 0 unspecified atom stereocenters. The Morgan fingerprint density at radius 1 is 1.21 bits per heavy atom. The molecule has 2 rings (SSSR count). The molecule has 0 radical (unpaired) electrons. The molecular formula is C18H18N3O2S-. The van der Waals surface area contributed by atoms with Gasteiger partial charge in [0, 0.05) is 5.69 Å². The minimum atomic E-state index is -1.24. The van der Waals surface area contributed by atoms with Gasteiger partial charge >= 0.3 is 0 Å². The highest BCUT2D eigenvalue weighted by molar-refractivity contribution is 7.80. The number of nitrogens with one attached hydrogen (secondary N) is 2. The lowest BCUT2D eigenvalue weighted by molar-refractivity contribution is -0.255. The summed E-state index contributed by atoms with van der Waals surface area (Å²) in [4.78, 5) is 10.8. The summed E-state index contributed by atoms with van der Waals surface area (Å²) in [5.74, 6) is -0.747. The lowest BCUT2D eigenvalue weighted by atomic mass is 10.0. The molecule has 0 amide bonds. The molecule has 0 bridgehead atoms. The first-order valence-electron chi connectivity index (χ1n) is 7.47. The number of carboxylic acid groups (broad SMARTS) is 1. The fourth-order valence-electron chi connectivity index (χ4n) is 2.02. The Balaban J connectivity index is 1.90. The zero-order chi connectivity index (χ0) is 17.5. The first-order valence-corrected chi connectivity index (χ1v) is 7.88. The number of aromatic carboxylic acids is 1. The molecule has 0 heterocycles. The highest BCUT2D eigenvalue weighted by Gasteiger charge is 2.00. The third kappa shape index (κ3) is 5.17. The van der Waals surface area contributed by atoms with Crippen LogP contribution in [0.5, 0.6) is 0 Å². The molecule has 5 nitrogen and oxygen atoms in total. The Bertz CT molecular complexity index is 755. The minimum absolute atomic E-state index is 0.0801. The number of nitrogens with zero attached hydrogens (tertiary/aromatic N) is 1. The molecule has 2 aromatic carbocycles. The van der Waals surface area contributed by atoms with E-state index in [2.05, 4.69) is 41.8 Å². The van der Waals surface area contributed by atoms with Crippen LogP contribution in [0.15, 0.2) is 53.6 Å². The molecule has 6 heteroatoms. The average Bonchev–Trinajstić information content (AvgIpc) is 2.55. The van der Waals surface area contributed by atoms with E-state index in [0.717, 1.165) is 5.56 Å². The molecule has 0 aliphatic rings. The topological polar surface area (TPSA) is 76.5 Å². The second-order valence-corrected chi connectivity index (χ2v) is 5.92. The minimum Gasteiger partial charge on any atom is -0.545 e. The molecule has 0 fully saturated rings. The van der Waals surface area contributed by atoms with Gasteiger partial charge in [-0.1, -0.05) is 50.2 Å². The molecule has 0 aliphatic heterocycles. The van der Waals surface area contributed by atoms with Crippen molar-refractivity contribution in [3.63, 3.8) is 0 Å². The summed E-state index contributed by atoms with van der Waals surface area (Å²) in [6, 6.07) is 14.3. The summed E-state index contributed by atoms with van der Waals surface area (Å²) >= 11 is 5.12. The maximum absolute atomic E-state index is 10.8. The van der Waals surface area contributed by atoms with E-state index in [-0.39, 0.29) is 10.7 Å². The molecule has 2 N–H and O–H groups in total. The van der Waals surface area contributed by atoms with Crippen LogP contribution in [-0.2, 0) is 0 Å². The lowest BCUT2D eigenvalue weighted by Crippen LogP contribution is -2.25. The number of carbonyl (C=O) groups excluding carboxylic acids is 1. The van der Waals surface area contributed by atoms with E-state index in [1.165, 1.54) is 17.7 Å². The number of carbonyl (C=O) groups is 1. The van der Waals surface area contributed by atoms with Crippen molar-refractivity contribution in [3.8, 4) is 0 Å². The first kappa shape index (κ1) is 17.6. The molecule has 0 saturated heterocycles. The summed E-state index contributed by atoms with van der Waals surface area (Å²) in [6.45, 7) is 4.29. The molecule has 0 aliphatic carbocycles. The van der Waals surface area contributed by atoms with Gasteiger partial charge in [-0.2, -0.15) is 5.10 Å². The van der Waals surface area contributed by atoms with Crippen LogP contribution >= 0.6 is 12.2 Å². The highest BCUT2D eigenvalue weighted by Crippen LogP contribution is 2.14. The lowest BCUT2D eigenvalue weighted by Gasteiger charge is -2.09. The van der Waals surface area contributed by atoms with E-state index in [1.54, 1.807) is 18.3 Å². The van der Waals surface area contributed by atoms with Crippen molar-refractivity contribution in [3.05, 3.63) is 65.2 Å². The van der Waals surface area contributed by atoms with Crippen LogP contribution in [0, 0.1) is 0 Å². The third-order valence-corrected chi connectivity index (χ3v) is 3.53. The van der Waals surface area contributed by atoms with Crippen molar-refractivity contribution in [1.29, 1.82) is 0 Å². The summed E-state index contributed by atoms with van der Waals surface area (Å²) in [5.41, 5.74) is 5.54. The van der Waals surface area contributed by atoms with Crippen LogP contribution in [-0.4, -0.2) is 17.3 Å². The molecule has 0 aromatic heterocycles. The SMILES string of the molecule is CC(C)c1ccc(C=NNC(=S)Nc2cccc(C(=O)[O-])c2)cc1. The Labute approximate surface area is 146 Å². The van der Waals surface area contributed by atoms with Crippen LogP contribution in [0.25, 0.3) is 0 Å². The zero-order valence-corrected chi connectivity index (χ0v) is 14.3. The maximum Gasteiger partial charge on any atom is 0.191 e. The van der Waals surface area contributed by atoms with Crippen LogP contribution < -0.4 is 15.8 Å². The Morgan fingerprint density at radius 2 is 1.92 bits per heavy atom. The van der Waals surface area contributed by atoms with E-state index in [0.29, 0.717) is 11.6 Å². The number of hydrazone groups is 1. The molecule has 0 atom stereocenters. The largest absolute Gasteiger partial charge is 0.545 e. The molecular weight excluding hydrogens is 322 g/mol. The van der Waals surface area contributed by atoms with Crippen molar-refractivity contribution in [2.24, 2.45) is 5.10 Å². The molecule has 0 spiro atoms. The maximum atomic E-state index is 10.8. The summed E-state index contributed by atoms with van der Waals surface area (Å²) in [6.07, 6.45) is 1.66. The van der Waals surface area contributed by atoms with Crippen LogP contribution in [0.1, 0.15) is 41.3 Å². The quantitative estimate of drug-likeness (QED) is 0.497. The summed E-state index contributed by atoms with van der Waals surface area (Å²) in [7, 11) is 0. The highest BCUT2D eigenvalue weighted by atomic mass is 32.1. The van der Waals surface area contributed by atoms with Gasteiger partial charge in [0.25, 0.3) is 0 Å². The van der Waals surface area contributed by atoms with Crippen molar-refractivity contribution < 1.29 is 9.90 Å². The summed E-state index contributed by atoms with van der Waals surface area (Å²) < 4.78 is 0. The third-order valence-electron chi connectivity index (χ3n) is 3.34. The van der Waals surface area contributed by atoms with Gasteiger partial charge in [-0.05, 0) is 47.0 Å². The number of anilines is 1. The standard InChI is InChI=1S/C18H19N3O2S/c1-12(2)14-8-6-13(7-9-14)11-19-21-18(24)20-16-5-3-4-15(10-16)17(22)23/h3-12H,1-2H3,(H,22,23)(H2,20,21,24)/p-1. The van der Waals surface area contributed by atoms with Crippen LogP contribution in [0.3, 0.4) is 0 Å². The second kappa shape index (κ2) is 8.21. The second-order valence-electron chi connectivity index (χ2n) is 5.51. The number of rotatable bonds is 5. The van der Waals surface area contributed by atoms with Gasteiger partial charge in [0.15, 0.2) is 5.11 Å².